The summed E-state index contributed by atoms with van der Waals surface area (Å²) in [4.78, 5) is 0. The van der Waals surface area contributed by atoms with Gasteiger partial charge in [-0.05, 0) is 24.6 Å². The van der Waals surface area contributed by atoms with Crippen LogP contribution in [0.3, 0.4) is 0 Å². The van der Waals surface area contributed by atoms with E-state index in [2.05, 4.69) is 18.3 Å². The summed E-state index contributed by atoms with van der Waals surface area (Å²) in [5, 5.41) is 4.21. The first-order chi connectivity index (χ1) is 7.09. The Labute approximate surface area is 95.6 Å². The molecule has 1 aromatic rings. The standard InChI is InChI=1S/C12H16ClNO/c1-9-3-4-10(5-11(9)13)14-6-12(2)7-15-8-12/h3-5,14H,6-8H2,1-2H3. The Morgan fingerprint density at radius 2 is 2.20 bits per heavy atom. The van der Waals surface area contributed by atoms with Crippen molar-refractivity contribution in [3.63, 3.8) is 0 Å². The van der Waals surface area contributed by atoms with Gasteiger partial charge in [-0.2, -0.15) is 0 Å². The second-order valence-corrected chi connectivity index (χ2v) is 5.03. The number of benzene rings is 1. The molecule has 3 heteroatoms. The van der Waals surface area contributed by atoms with Gasteiger partial charge in [-0.3, -0.25) is 0 Å². The van der Waals surface area contributed by atoms with Crippen LogP contribution in [0.1, 0.15) is 12.5 Å². The Morgan fingerprint density at radius 3 is 2.73 bits per heavy atom. The molecule has 0 saturated carbocycles. The highest BCUT2D eigenvalue weighted by atomic mass is 35.5. The molecule has 2 rings (SSSR count). The molecule has 0 aliphatic carbocycles. The molecule has 0 spiro atoms. The molecule has 1 saturated heterocycles. The number of hydrogen-bond acceptors (Lipinski definition) is 2. The van der Waals surface area contributed by atoms with Crippen molar-refractivity contribution in [3.8, 4) is 0 Å². The van der Waals surface area contributed by atoms with Gasteiger partial charge >= 0.3 is 0 Å². The van der Waals surface area contributed by atoms with Gasteiger partial charge in [0.2, 0.25) is 0 Å². The highest BCUT2D eigenvalue weighted by Gasteiger charge is 2.32. The molecule has 0 aromatic heterocycles. The van der Waals surface area contributed by atoms with Crippen LogP contribution in [-0.2, 0) is 4.74 Å². The summed E-state index contributed by atoms with van der Waals surface area (Å²) in [5.41, 5.74) is 2.48. The summed E-state index contributed by atoms with van der Waals surface area (Å²) in [6.45, 7) is 6.86. The molecule has 2 nitrogen and oxygen atoms in total. The van der Waals surface area contributed by atoms with Crippen LogP contribution < -0.4 is 5.32 Å². The minimum absolute atomic E-state index is 0.289. The predicted octanol–water partition coefficient (Wildman–Crippen LogP) is 3.10. The summed E-state index contributed by atoms with van der Waals surface area (Å²) in [5.74, 6) is 0. The molecule has 15 heavy (non-hydrogen) atoms. The van der Waals surface area contributed by atoms with E-state index in [1.165, 1.54) is 0 Å². The number of anilines is 1. The zero-order valence-corrected chi connectivity index (χ0v) is 9.90. The van der Waals surface area contributed by atoms with Crippen LogP contribution in [0.2, 0.25) is 5.02 Å². The molecule has 1 aliphatic rings. The van der Waals surface area contributed by atoms with Crippen molar-refractivity contribution >= 4 is 17.3 Å². The smallest absolute Gasteiger partial charge is 0.0559 e. The Bertz CT molecular complexity index is 361. The second kappa shape index (κ2) is 4.03. The number of ether oxygens (including phenoxy) is 1. The van der Waals surface area contributed by atoms with E-state index >= 15 is 0 Å². The topological polar surface area (TPSA) is 21.3 Å². The zero-order valence-electron chi connectivity index (χ0n) is 9.14. The third-order valence-electron chi connectivity index (χ3n) is 2.79. The van der Waals surface area contributed by atoms with Gasteiger partial charge in [0.25, 0.3) is 0 Å². The lowest BCUT2D eigenvalue weighted by atomic mass is 9.89. The summed E-state index contributed by atoms with van der Waals surface area (Å²) in [6.07, 6.45) is 0. The van der Waals surface area contributed by atoms with Crippen LogP contribution in [-0.4, -0.2) is 19.8 Å². The molecule has 0 bridgehead atoms. The fourth-order valence-corrected chi connectivity index (χ4v) is 1.75. The quantitative estimate of drug-likeness (QED) is 0.854. The fraction of sp³-hybridized carbons (Fsp3) is 0.500. The van der Waals surface area contributed by atoms with E-state index in [1.54, 1.807) is 0 Å². The van der Waals surface area contributed by atoms with Gasteiger partial charge in [0.05, 0.1) is 13.2 Å². The maximum Gasteiger partial charge on any atom is 0.0559 e. The highest BCUT2D eigenvalue weighted by Crippen LogP contribution is 2.27. The van der Waals surface area contributed by atoms with E-state index in [0.717, 1.165) is 36.0 Å². The number of hydrogen-bond donors (Lipinski definition) is 1. The van der Waals surface area contributed by atoms with Gasteiger partial charge < -0.3 is 10.1 Å². The summed E-state index contributed by atoms with van der Waals surface area (Å²) >= 11 is 6.05. The van der Waals surface area contributed by atoms with Gasteiger partial charge in [-0.1, -0.05) is 24.6 Å². The number of rotatable bonds is 3. The van der Waals surface area contributed by atoms with Crippen LogP contribution in [0.15, 0.2) is 18.2 Å². The van der Waals surface area contributed by atoms with Gasteiger partial charge in [0.1, 0.15) is 0 Å². The number of aryl methyl sites for hydroxylation is 1. The van der Waals surface area contributed by atoms with Crippen LogP contribution >= 0.6 is 11.6 Å². The molecule has 1 fully saturated rings. The normalized spacial score (nSPS) is 18.3. The molecular weight excluding hydrogens is 210 g/mol. The first-order valence-corrected chi connectivity index (χ1v) is 5.55. The molecule has 1 heterocycles. The average molecular weight is 226 g/mol. The molecule has 1 aliphatic heterocycles. The molecule has 82 valence electrons. The Kier molecular flexibility index (Phi) is 2.89. The van der Waals surface area contributed by atoms with Crippen LogP contribution in [0.25, 0.3) is 0 Å². The minimum atomic E-state index is 0.289. The lowest BCUT2D eigenvalue weighted by Crippen LogP contribution is -2.45. The van der Waals surface area contributed by atoms with Crippen molar-refractivity contribution < 1.29 is 4.74 Å². The lowest BCUT2D eigenvalue weighted by molar-refractivity contribution is -0.0924. The summed E-state index contributed by atoms with van der Waals surface area (Å²) in [6, 6.07) is 6.06. The van der Waals surface area contributed by atoms with Crippen molar-refractivity contribution in [2.75, 3.05) is 25.1 Å². The van der Waals surface area contributed by atoms with Gasteiger partial charge in [-0.15, -0.1) is 0 Å². The van der Waals surface area contributed by atoms with E-state index in [1.807, 2.05) is 19.1 Å². The Balaban J connectivity index is 1.96. The maximum atomic E-state index is 6.05. The molecule has 0 amide bonds. The van der Waals surface area contributed by atoms with Crippen molar-refractivity contribution in [1.29, 1.82) is 0 Å². The zero-order chi connectivity index (χ0) is 10.9. The maximum absolute atomic E-state index is 6.05. The van der Waals surface area contributed by atoms with Crippen molar-refractivity contribution in [2.24, 2.45) is 5.41 Å². The fourth-order valence-electron chi connectivity index (χ4n) is 1.57. The van der Waals surface area contributed by atoms with Gasteiger partial charge in [-0.25, -0.2) is 0 Å². The number of halogens is 1. The van der Waals surface area contributed by atoms with Crippen LogP contribution in [0.5, 0.6) is 0 Å². The Morgan fingerprint density at radius 1 is 1.47 bits per heavy atom. The monoisotopic (exact) mass is 225 g/mol. The van der Waals surface area contributed by atoms with Crippen molar-refractivity contribution in [1.82, 2.24) is 0 Å². The molecule has 0 radical (unpaired) electrons. The van der Waals surface area contributed by atoms with Gasteiger partial charge in [0.15, 0.2) is 0 Å². The van der Waals surface area contributed by atoms with E-state index in [4.69, 9.17) is 16.3 Å². The van der Waals surface area contributed by atoms with Crippen molar-refractivity contribution in [2.45, 2.75) is 13.8 Å². The number of nitrogens with one attached hydrogen (secondary N) is 1. The summed E-state index contributed by atoms with van der Waals surface area (Å²) < 4.78 is 5.20. The van der Waals surface area contributed by atoms with E-state index in [0.29, 0.717) is 0 Å². The summed E-state index contributed by atoms with van der Waals surface area (Å²) in [7, 11) is 0. The lowest BCUT2D eigenvalue weighted by Gasteiger charge is -2.38. The first-order valence-electron chi connectivity index (χ1n) is 5.17. The predicted molar refractivity (Wildman–Crippen MR) is 63.6 cm³/mol. The Hall–Kier alpha value is -0.730. The molecule has 1 aromatic carbocycles. The SMILES string of the molecule is Cc1ccc(NCC2(C)COC2)cc1Cl. The van der Waals surface area contributed by atoms with Crippen LogP contribution in [0, 0.1) is 12.3 Å². The molecule has 1 N–H and O–H groups in total. The first kappa shape index (κ1) is 10.8. The van der Waals surface area contributed by atoms with Crippen molar-refractivity contribution in [3.05, 3.63) is 28.8 Å². The van der Waals surface area contributed by atoms with Crippen LogP contribution in [0.4, 0.5) is 5.69 Å². The largest absolute Gasteiger partial charge is 0.384 e. The third kappa shape index (κ3) is 2.44. The molecular formula is C12H16ClNO. The molecule has 0 atom stereocenters. The van der Waals surface area contributed by atoms with E-state index in [-0.39, 0.29) is 5.41 Å². The van der Waals surface area contributed by atoms with E-state index < -0.39 is 0 Å². The van der Waals surface area contributed by atoms with Gasteiger partial charge in [0, 0.05) is 22.7 Å². The second-order valence-electron chi connectivity index (χ2n) is 4.62. The molecule has 0 unspecified atom stereocenters. The minimum Gasteiger partial charge on any atom is -0.384 e. The third-order valence-corrected chi connectivity index (χ3v) is 3.20. The van der Waals surface area contributed by atoms with E-state index in [9.17, 15) is 0 Å². The average Bonchev–Trinajstić information content (AvgIpc) is 2.17. The highest BCUT2D eigenvalue weighted by molar-refractivity contribution is 6.31.